The summed E-state index contributed by atoms with van der Waals surface area (Å²) in [5, 5.41) is 9.78. The molecule has 3 aromatic rings. The molecule has 1 aliphatic heterocycles. The van der Waals surface area contributed by atoms with Gasteiger partial charge in [0.15, 0.2) is 6.61 Å². The van der Waals surface area contributed by atoms with Gasteiger partial charge in [0.1, 0.15) is 12.1 Å². The Labute approximate surface area is 181 Å². The van der Waals surface area contributed by atoms with Gasteiger partial charge in [-0.3, -0.25) is 14.9 Å². The number of halogens is 1. The van der Waals surface area contributed by atoms with E-state index in [4.69, 9.17) is 4.74 Å². The Morgan fingerprint density at radius 2 is 2.03 bits per heavy atom. The molecular weight excluding hydrogens is 450 g/mol. The fraction of sp³-hybridized carbons (Fsp3) is 0.238. The SMILES string of the molecule is Cc1cc(C)cc(NC(=O)COc2ccc(Br)cc2[C@H]2CC(=O)Nc3ncnn32)c1. The number of benzene rings is 2. The van der Waals surface area contributed by atoms with E-state index < -0.39 is 0 Å². The first-order valence-electron chi connectivity index (χ1n) is 9.39. The minimum Gasteiger partial charge on any atom is -0.483 e. The summed E-state index contributed by atoms with van der Waals surface area (Å²) in [5.74, 6) is 0.473. The number of fused-ring (bicyclic) bond motifs is 1. The molecule has 0 aliphatic carbocycles. The van der Waals surface area contributed by atoms with E-state index >= 15 is 0 Å². The lowest BCUT2D eigenvalue weighted by atomic mass is 10.0. The van der Waals surface area contributed by atoms with Crippen molar-refractivity contribution in [3.63, 3.8) is 0 Å². The molecule has 1 aliphatic rings. The van der Waals surface area contributed by atoms with Gasteiger partial charge in [0.25, 0.3) is 5.91 Å². The summed E-state index contributed by atoms with van der Waals surface area (Å²) in [7, 11) is 0. The maximum atomic E-state index is 12.4. The zero-order chi connectivity index (χ0) is 21.3. The third kappa shape index (κ3) is 4.35. The molecule has 4 rings (SSSR count). The van der Waals surface area contributed by atoms with Crippen LogP contribution in [0.4, 0.5) is 11.6 Å². The van der Waals surface area contributed by atoms with Gasteiger partial charge in [-0.15, -0.1) is 0 Å². The van der Waals surface area contributed by atoms with Crippen molar-refractivity contribution < 1.29 is 14.3 Å². The molecule has 0 spiro atoms. The largest absolute Gasteiger partial charge is 0.483 e. The minimum atomic E-state index is -0.383. The molecule has 1 aromatic heterocycles. The Balaban J connectivity index is 1.53. The molecule has 0 saturated heterocycles. The Morgan fingerprint density at radius 3 is 2.80 bits per heavy atom. The number of aromatic nitrogens is 3. The third-order valence-corrected chi connectivity index (χ3v) is 5.19. The number of carbonyl (C=O) groups excluding carboxylic acids is 2. The molecule has 30 heavy (non-hydrogen) atoms. The van der Waals surface area contributed by atoms with E-state index in [0.29, 0.717) is 11.7 Å². The number of anilines is 2. The first kappa shape index (κ1) is 20.1. The molecule has 9 heteroatoms. The number of amides is 2. The molecular formula is C21H20BrN5O3. The number of carbonyl (C=O) groups is 2. The van der Waals surface area contributed by atoms with Crippen molar-refractivity contribution in [2.24, 2.45) is 0 Å². The Kier molecular flexibility index (Phi) is 5.54. The Morgan fingerprint density at radius 1 is 1.27 bits per heavy atom. The molecule has 1 atom stereocenters. The molecule has 0 unspecified atom stereocenters. The minimum absolute atomic E-state index is 0.154. The summed E-state index contributed by atoms with van der Waals surface area (Å²) < 4.78 is 8.32. The van der Waals surface area contributed by atoms with Crippen LogP contribution < -0.4 is 15.4 Å². The van der Waals surface area contributed by atoms with Gasteiger partial charge in [0, 0.05) is 15.7 Å². The normalized spacial score (nSPS) is 15.3. The third-order valence-electron chi connectivity index (χ3n) is 4.69. The van der Waals surface area contributed by atoms with Gasteiger partial charge in [0.2, 0.25) is 11.9 Å². The predicted molar refractivity (Wildman–Crippen MR) is 116 cm³/mol. The van der Waals surface area contributed by atoms with E-state index in [1.807, 2.05) is 44.2 Å². The summed E-state index contributed by atoms with van der Waals surface area (Å²) in [6.45, 7) is 3.79. The van der Waals surface area contributed by atoms with Crippen LogP contribution in [0.3, 0.4) is 0 Å². The number of ether oxygens (including phenoxy) is 1. The molecule has 2 N–H and O–H groups in total. The maximum absolute atomic E-state index is 12.4. The number of aryl methyl sites for hydroxylation is 2. The highest BCUT2D eigenvalue weighted by molar-refractivity contribution is 9.10. The Hall–Kier alpha value is -3.20. The highest BCUT2D eigenvalue weighted by Gasteiger charge is 2.30. The average Bonchev–Trinajstić information content (AvgIpc) is 3.13. The van der Waals surface area contributed by atoms with Crippen LogP contribution in [-0.4, -0.2) is 33.2 Å². The standard InChI is InChI=1S/C21H20BrN5O3/c1-12-5-13(2)7-15(6-12)25-20(29)10-30-18-4-3-14(22)8-16(18)17-9-19(28)26-21-23-11-24-27(17)21/h3-8,11,17H,9-10H2,1-2H3,(H,25,29)(H,23,24,26,28)/t17-/m1/s1. The van der Waals surface area contributed by atoms with E-state index in [2.05, 4.69) is 36.6 Å². The zero-order valence-electron chi connectivity index (χ0n) is 16.5. The number of hydrogen-bond donors (Lipinski definition) is 2. The molecule has 2 heterocycles. The molecule has 8 nitrogen and oxygen atoms in total. The van der Waals surface area contributed by atoms with Crippen molar-refractivity contribution >= 4 is 39.4 Å². The second-order valence-corrected chi connectivity index (χ2v) is 8.11. The molecule has 0 bridgehead atoms. The average molecular weight is 470 g/mol. The number of nitrogens with one attached hydrogen (secondary N) is 2. The Bertz CT molecular complexity index is 1110. The van der Waals surface area contributed by atoms with Gasteiger partial charge >= 0.3 is 0 Å². The quantitative estimate of drug-likeness (QED) is 0.594. The first-order valence-corrected chi connectivity index (χ1v) is 10.2. The molecule has 2 aromatic carbocycles. The van der Waals surface area contributed by atoms with E-state index in [-0.39, 0.29) is 30.9 Å². The lowest BCUT2D eigenvalue weighted by Crippen LogP contribution is -2.30. The first-order chi connectivity index (χ1) is 14.4. The summed E-state index contributed by atoms with van der Waals surface area (Å²) >= 11 is 3.47. The molecule has 154 valence electrons. The van der Waals surface area contributed by atoms with Crippen molar-refractivity contribution in [3.8, 4) is 5.75 Å². The number of rotatable bonds is 5. The van der Waals surface area contributed by atoms with Crippen molar-refractivity contribution in [1.82, 2.24) is 14.8 Å². The molecule has 0 fully saturated rings. The highest BCUT2D eigenvalue weighted by atomic mass is 79.9. The molecule has 0 saturated carbocycles. The van der Waals surface area contributed by atoms with Crippen LogP contribution >= 0.6 is 15.9 Å². The fourth-order valence-electron chi connectivity index (χ4n) is 3.55. The number of nitrogens with zero attached hydrogens (tertiary/aromatic N) is 3. The lowest BCUT2D eigenvalue weighted by Gasteiger charge is -2.25. The fourth-order valence-corrected chi connectivity index (χ4v) is 3.92. The van der Waals surface area contributed by atoms with Gasteiger partial charge in [-0.25, -0.2) is 4.68 Å². The highest BCUT2D eigenvalue weighted by Crippen LogP contribution is 2.36. The van der Waals surface area contributed by atoms with Gasteiger partial charge in [-0.1, -0.05) is 22.0 Å². The van der Waals surface area contributed by atoms with Crippen LogP contribution in [0.15, 0.2) is 47.2 Å². The van der Waals surface area contributed by atoms with E-state index in [1.165, 1.54) is 6.33 Å². The van der Waals surface area contributed by atoms with E-state index in [1.54, 1.807) is 10.7 Å². The lowest BCUT2D eigenvalue weighted by molar-refractivity contribution is -0.118. The smallest absolute Gasteiger partial charge is 0.262 e. The van der Waals surface area contributed by atoms with Crippen molar-refractivity contribution in [3.05, 3.63) is 63.9 Å². The maximum Gasteiger partial charge on any atom is 0.262 e. The summed E-state index contributed by atoms with van der Waals surface area (Å²) in [6.07, 6.45) is 1.58. The van der Waals surface area contributed by atoms with Crippen LogP contribution in [0.5, 0.6) is 5.75 Å². The zero-order valence-corrected chi connectivity index (χ0v) is 18.1. The van der Waals surface area contributed by atoms with Gasteiger partial charge < -0.3 is 10.1 Å². The van der Waals surface area contributed by atoms with Gasteiger partial charge in [-0.05, 0) is 55.3 Å². The van der Waals surface area contributed by atoms with Crippen molar-refractivity contribution in [2.75, 3.05) is 17.2 Å². The van der Waals surface area contributed by atoms with Crippen LogP contribution in [0, 0.1) is 13.8 Å². The summed E-state index contributed by atoms with van der Waals surface area (Å²) in [4.78, 5) is 28.6. The van der Waals surface area contributed by atoms with Crippen molar-refractivity contribution in [1.29, 1.82) is 0 Å². The van der Waals surface area contributed by atoms with Gasteiger partial charge in [-0.2, -0.15) is 10.1 Å². The van der Waals surface area contributed by atoms with Gasteiger partial charge in [0.05, 0.1) is 12.5 Å². The molecule has 0 radical (unpaired) electrons. The van der Waals surface area contributed by atoms with E-state index in [9.17, 15) is 9.59 Å². The topological polar surface area (TPSA) is 98.1 Å². The second kappa shape index (κ2) is 8.27. The monoisotopic (exact) mass is 469 g/mol. The predicted octanol–water partition coefficient (Wildman–Crippen LogP) is 3.61. The second-order valence-electron chi connectivity index (χ2n) is 7.19. The summed E-state index contributed by atoms with van der Waals surface area (Å²) in [6, 6.07) is 10.9. The van der Waals surface area contributed by atoms with Crippen LogP contribution in [-0.2, 0) is 9.59 Å². The van der Waals surface area contributed by atoms with Crippen LogP contribution in [0.2, 0.25) is 0 Å². The van der Waals surface area contributed by atoms with Crippen LogP contribution in [0.25, 0.3) is 0 Å². The van der Waals surface area contributed by atoms with Crippen LogP contribution in [0.1, 0.15) is 29.2 Å². The summed E-state index contributed by atoms with van der Waals surface area (Å²) in [5.41, 5.74) is 3.61. The number of hydrogen-bond acceptors (Lipinski definition) is 5. The molecule has 2 amide bonds. The van der Waals surface area contributed by atoms with E-state index in [0.717, 1.165) is 26.9 Å². The van der Waals surface area contributed by atoms with Crippen molar-refractivity contribution in [2.45, 2.75) is 26.3 Å².